The lowest BCUT2D eigenvalue weighted by Gasteiger charge is -2.18. The molecule has 0 saturated carbocycles. The number of nitrogens with one attached hydrogen (secondary N) is 2. The van der Waals surface area contributed by atoms with E-state index in [2.05, 4.69) is 55.3 Å². The van der Waals surface area contributed by atoms with Crippen molar-refractivity contribution >= 4 is 27.6 Å². The van der Waals surface area contributed by atoms with Gasteiger partial charge in [-0.3, -0.25) is 0 Å². The molecule has 6 heteroatoms. The smallest absolute Gasteiger partial charge is 0.145 e. The first kappa shape index (κ1) is 15.2. The highest BCUT2D eigenvalue weighted by molar-refractivity contribution is 9.10. The van der Waals surface area contributed by atoms with Crippen molar-refractivity contribution in [2.45, 2.75) is 20.3 Å². The van der Waals surface area contributed by atoms with Gasteiger partial charge >= 0.3 is 0 Å². The van der Waals surface area contributed by atoms with Gasteiger partial charge in [-0.25, -0.2) is 9.97 Å². The molecule has 1 rings (SSSR count). The molecular formula is C12H22BrN5. The zero-order valence-electron chi connectivity index (χ0n) is 11.3. The van der Waals surface area contributed by atoms with Crippen molar-refractivity contribution in [2.75, 3.05) is 43.9 Å². The molecule has 0 aliphatic heterocycles. The van der Waals surface area contributed by atoms with Crippen molar-refractivity contribution in [3.63, 3.8) is 0 Å². The van der Waals surface area contributed by atoms with Gasteiger partial charge in [-0.05, 0) is 42.0 Å². The van der Waals surface area contributed by atoms with Crippen molar-refractivity contribution < 1.29 is 0 Å². The van der Waals surface area contributed by atoms with Crippen LogP contribution in [0, 0.1) is 0 Å². The number of rotatable bonds is 8. The fourth-order valence-electron chi connectivity index (χ4n) is 1.72. The fraction of sp³-hybridized carbons (Fsp3) is 0.667. The third-order valence-corrected chi connectivity index (χ3v) is 3.62. The first-order valence-corrected chi connectivity index (χ1v) is 7.16. The van der Waals surface area contributed by atoms with Gasteiger partial charge < -0.3 is 15.5 Å². The maximum atomic E-state index is 4.22. The first-order valence-electron chi connectivity index (χ1n) is 6.37. The van der Waals surface area contributed by atoms with E-state index < -0.39 is 0 Å². The van der Waals surface area contributed by atoms with Crippen LogP contribution >= 0.6 is 15.9 Å². The Kier molecular flexibility index (Phi) is 6.97. The summed E-state index contributed by atoms with van der Waals surface area (Å²) in [5.74, 6) is 1.64. The monoisotopic (exact) mass is 315 g/mol. The molecule has 102 valence electrons. The molecule has 0 atom stereocenters. The van der Waals surface area contributed by atoms with Crippen LogP contribution in [0.2, 0.25) is 0 Å². The molecule has 18 heavy (non-hydrogen) atoms. The van der Waals surface area contributed by atoms with Crippen LogP contribution in [-0.2, 0) is 0 Å². The Bertz CT molecular complexity index is 354. The average Bonchev–Trinajstić information content (AvgIpc) is 2.40. The third-order valence-electron chi connectivity index (χ3n) is 2.86. The molecule has 1 aromatic heterocycles. The molecule has 0 radical (unpaired) electrons. The molecular weight excluding hydrogens is 294 g/mol. The summed E-state index contributed by atoms with van der Waals surface area (Å²) in [5.41, 5.74) is 0. The Morgan fingerprint density at radius 2 is 1.89 bits per heavy atom. The normalized spacial score (nSPS) is 10.7. The van der Waals surface area contributed by atoms with Crippen molar-refractivity contribution in [3.8, 4) is 0 Å². The molecule has 0 spiro atoms. The van der Waals surface area contributed by atoms with Gasteiger partial charge in [0.05, 0.1) is 0 Å². The second kappa shape index (κ2) is 8.26. The highest BCUT2D eigenvalue weighted by atomic mass is 79.9. The maximum Gasteiger partial charge on any atom is 0.145 e. The summed E-state index contributed by atoms with van der Waals surface area (Å²) in [6, 6.07) is 0. The quantitative estimate of drug-likeness (QED) is 0.722. The Balaban J connectivity index is 2.40. The second-order valence-corrected chi connectivity index (χ2v) is 4.74. The first-order chi connectivity index (χ1) is 8.72. The second-order valence-electron chi connectivity index (χ2n) is 3.94. The van der Waals surface area contributed by atoms with Crippen molar-refractivity contribution in [1.29, 1.82) is 0 Å². The lowest BCUT2D eigenvalue weighted by molar-refractivity contribution is 0.303. The van der Waals surface area contributed by atoms with E-state index in [0.29, 0.717) is 0 Å². The van der Waals surface area contributed by atoms with Crippen LogP contribution in [0.15, 0.2) is 10.8 Å². The average molecular weight is 316 g/mol. The van der Waals surface area contributed by atoms with Crippen LogP contribution in [0.4, 0.5) is 11.6 Å². The summed E-state index contributed by atoms with van der Waals surface area (Å²) in [4.78, 5) is 10.8. The number of nitrogens with zero attached hydrogens (tertiary/aromatic N) is 3. The minimum atomic E-state index is 0.802. The molecule has 0 unspecified atom stereocenters. The SMILES string of the molecule is CCN(CC)CCCNc1ncnc(NC)c1Br. The molecule has 2 N–H and O–H groups in total. The minimum Gasteiger partial charge on any atom is -0.372 e. The van der Waals surface area contributed by atoms with Crippen LogP contribution < -0.4 is 10.6 Å². The predicted octanol–water partition coefficient (Wildman–Crippen LogP) is 2.42. The van der Waals surface area contributed by atoms with Gasteiger partial charge in [0.1, 0.15) is 22.4 Å². The molecule has 1 heterocycles. The molecule has 0 fully saturated rings. The largest absolute Gasteiger partial charge is 0.372 e. The van der Waals surface area contributed by atoms with Crippen LogP contribution in [0.3, 0.4) is 0 Å². The van der Waals surface area contributed by atoms with Gasteiger partial charge in [-0.2, -0.15) is 0 Å². The van der Waals surface area contributed by atoms with E-state index in [-0.39, 0.29) is 0 Å². The molecule has 0 aliphatic rings. The molecule has 0 bridgehead atoms. The molecule has 1 aromatic rings. The number of aromatic nitrogens is 2. The van der Waals surface area contributed by atoms with E-state index in [1.807, 2.05) is 7.05 Å². The number of anilines is 2. The Morgan fingerprint density at radius 1 is 1.22 bits per heavy atom. The van der Waals surface area contributed by atoms with Crippen LogP contribution in [0.1, 0.15) is 20.3 Å². The summed E-state index contributed by atoms with van der Waals surface area (Å²) in [7, 11) is 1.84. The topological polar surface area (TPSA) is 53.1 Å². The standard InChI is InChI=1S/C12H22BrN5/c1-4-18(5-2)8-6-7-15-12-10(13)11(14-3)16-9-17-12/h9H,4-8H2,1-3H3,(H2,14,15,16,17). The van der Waals surface area contributed by atoms with Crippen molar-refractivity contribution in [1.82, 2.24) is 14.9 Å². The van der Waals surface area contributed by atoms with Crippen LogP contribution in [0.5, 0.6) is 0 Å². The summed E-state index contributed by atoms with van der Waals surface area (Å²) < 4.78 is 0.885. The molecule has 0 aliphatic carbocycles. The highest BCUT2D eigenvalue weighted by Gasteiger charge is 2.06. The van der Waals surface area contributed by atoms with Crippen molar-refractivity contribution in [2.24, 2.45) is 0 Å². The summed E-state index contributed by atoms with van der Waals surface area (Å²) >= 11 is 3.49. The third kappa shape index (κ3) is 4.42. The maximum absolute atomic E-state index is 4.22. The van der Waals surface area contributed by atoms with E-state index >= 15 is 0 Å². The lowest BCUT2D eigenvalue weighted by atomic mass is 10.3. The summed E-state index contributed by atoms with van der Waals surface area (Å²) in [6.07, 6.45) is 2.66. The zero-order chi connectivity index (χ0) is 13.4. The lowest BCUT2D eigenvalue weighted by Crippen LogP contribution is -2.25. The van der Waals surface area contributed by atoms with Gasteiger partial charge in [0.15, 0.2) is 0 Å². The molecule has 0 aromatic carbocycles. The van der Waals surface area contributed by atoms with E-state index in [9.17, 15) is 0 Å². The minimum absolute atomic E-state index is 0.802. The summed E-state index contributed by atoms with van der Waals surface area (Å²) in [6.45, 7) is 8.63. The van der Waals surface area contributed by atoms with Gasteiger partial charge in [-0.15, -0.1) is 0 Å². The molecule has 0 saturated heterocycles. The van der Waals surface area contributed by atoms with Crippen molar-refractivity contribution in [3.05, 3.63) is 10.8 Å². The summed E-state index contributed by atoms with van der Waals surface area (Å²) in [5, 5.41) is 6.34. The number of halogens is 1. The Hall–Kier alpha value is -0.880. The van der Waals surface area contributed by atoms with Gasteiger partial charge in [0, 0.05) is 13.6 Å². The van der Waals surface area contributed by atoms with Gasteiger partial charge in [-0.1, -0.05) is 13.8 Å². The number of hydrogen-bond acceptors (Lipinski definition) is 5. The Labute approximate surface area is 118 Å². The van der Waals surface area contributed by atoms with Crippen LogP contribution in [-0.4, -0.2) is 48.1 Å². The van der Waals surface area contributed by atoms with Gasteiger partial charge in [0.2, 0.25) is 0 Å². The van der Waals surface area contributed by atoms with E-state index in [4.69, 9.17) is 0 Å². The van der Waals surface area contributed by atoms with Crippen LogP contribution in [0.25, 0.3) is 0 Å². The Morgan fingerprint density at radius 3 is 2.50 bits per heavy atom. The van der Waals surface area contributed by atoms with E-state index in [0.717, 1.165) is 48.7 Å². The molecule has 5 nitrogen and oxygen atoms in total. The highest BCUT2D eigenvalue weighted by Crippen LogP contribution is 2.25. The van der Waals surface area contributed by atoms with E-state index in [1.54, 1.807) is 6.33 Å². The molecule has 0 amide bonds. The zero-order valence-corrected chi connectivity index (χ0v) is 12.9. The van der Waals surface area contributed by atoms with E-state index in [1.165, 1.54) is 0 Å². The number of hydrogen-bond donors (Lipinski definition) is 2. The predicted molar refractivity (Wildman–Crippen MR) is 80.2 cm³/mol. The fourth-order valence-corrected chi connectivity index (χ4v) is 2.26. The van der Waals surface area contributed by atoms with Gasteiger partial charge in [0.25, 0.3) is 0 Å².